The van der Waals surface area contributed by atoms with Gasteiger partial charge in [0, 0.05) is 12.1 Å². The van der Waals surface area contributed by atoms with Gasteiger partial charge in [-0.25, -0.2) is 23.1 Å². The Labute approximate surface area is 115 Å². The molecule has 108 valence electrons. The summed E-state index contributed by atoms with van der Waals surface area (Å²) in [5.74, 6) is 0.440. The van der Waals surface area contributed by atoms with E-state index in [1.807, 2.05) is 27.7 Å². The fourth-order valence-corrected chi connectivity index (χ4v) is 2.65. The Balaban J connectivity index is 2.85. The molecule has 1 heterocycles. The van der Waals surface area contributed by atoms with E-state index >= 15 is 0 Å². The third kappa shape index (κ3) is 4.76. The van der Waals surface area contributed by atoms with Crippen molar-refractivity contribution in [3.8, 4) is 0 Å². The van der Waals surface area contributed by atoms with Gasteiger partial charge in [-0.15, -0.1) is 0 Å². The summed E-state index contributed by atoms with van der Waals surface area (Å²) in [6, 6.07) is 0. The minimum Gasteiger partial charge on any atom is -0.354 e. The number of hydrogen-bond acceptors (Lipinski definition) is 5. The third-order valence-electron chi connectivity index (χ3n) is 2.77. The first-order chi connectivity index (χ1) is 8.80. The van der Waals surface area contributed by atoms with E-state index in [0.717, 1.165) is 13.0 Å². The molecular weight excluding hydrogens is 264 g/mol. The van der Waals surface area contributed by atoms with Crippen LogP contribution in [0.4, 0.5) is 5.95 Å². The van der Waals surface area contributed by atoms with E-state index in [0.29, 0.717) is 12.4 Å². The zero-order chi connectivity index (χ0) is 14.5. The van der Waals surface area contributed by atoms with Gasteiger partial charge in [-0.2, -0.15) is 0 Å². The smallest absolute Gasteiger partial charge is 0.244 e. The molecule has 0 aliphatic heterocycles. The molecule has 0 bridgehead atoms. The lowest BCUT2D eigenvalue weighted by Gasteiger charge is -2.23. The van der Waals surface area contributed by atoms with Gasteiger partial charge in [0.15, 0.2) is 0 Å². The number of nitrogens with one attached hydrogen (secondary N) is 2. The Bertz CT molecular complexity index is 497. The van der Waals surface area contributed by atoms with Gasteiger partial charge in [-0.3, -0.25) is 0 Å². The molecule has 0 aliphatic carbocycles. The van der Waals surface area contributed by atoms with Crippen molar-refractivity contribution >= 4 is 16.0 Å². The monoisotopic (exact) mass is 286 g/mol. The summed E-state index contributed by atoms with van der Waals surface area (Å²) >= 11 is 0. The average Bonchev–Trinajstić information content (AvgIpc) is 2.35. The predicted octanol–water partition coefficient (Wildman–Crippen LogP) is 1.77. The van der Waals surface area contributed by atoms with Crippen molar-refractivity contribution in [1.29, 1.82) is 0 Å². The van der Waals surface area contributed by atoms with Crippen molar-refractivity contribution in [3.63, 3.8) is 0 Å². The van der Waals surface area contributed by atoms with Crippen LogP contribution in [0.2, 0.25) is 0 Å². The maximum absolute atomic E-state index is 12.1. The van der Waals surface area contributed by atoms with E-state index in [4.69, 9.17) is 0 Å². The fourth-order valence-electron chi connectivity index (χ4n) is 1.28. The van der Waals surface area contributed by atoms with E-state index in [-0.39, 0.29) is 4.90 Å². The number of nitrogens with zero attached hydrogens (tertiary/aromatic N) is 2. The second kappa shape index (κ2) is 6.29. The third-order valence-corrected chi connectivity index (χ3v) is 4.42. The lowest BCUT2D eigenvalue weighted by molar-refractivity contribution is 0.439. The number of sulfonamides is 1. The summed E-state index contributed by atoms with van der Waals surface area (Å²) in [6.45, 7) is 8.39. The molecule has 0 amide bonds. The molecule has 19 heavy (non-hydrogen) atoms. The standard InChI is InChI=1S/C12H22N4O2S/c1-5-7-13-11-14-8-10(9-15-11)19(17,18)16-12(3,4)6-2/h8-9,16H,5-7H2,1-4H3,(H,13,14,15). The van der Waals surface area contributed by atoms with Crippen molar-refractivity contribution in [2.45, 2.75) is 51.0 Å². The minimum absolute atomic E-state index is 0.0797. The summed E-state index contributed by atoms with van der Waals surface area (Å²) < 4.78 is 26.9. The molecule has 0 aliphatic rings. The lowest BCUT2D eigenvalue weighted by atomic mass is 10.0. The number of hydrogen-bond donors (Lipinski definition) is 2. The first kappa shape index (κ1) is 15.8. The zero-order valence-electron chi connectivity index (χ0n) is 11.9. The van der Waals surface area contributed by atoms with Crippen LogP contribution in [0, 0.1) is 0 Å². The molecule has 1 rings (SSSR count). The second-order valence-corrected chi connectivity index (χ2v) is 6.69. The summed E-state index contributed by atoms with van der Waals surface area (Å²) in [6.07, 6.45) is 4.29. The molecule has 1 aromatic heterocycles. The van der Waals surface area contributed by atoms with Gasteiger partial charge in [0.25, 0.3) is 0 Å². The van der Waals surface area contributed by atoms with Crippen LogP contribution >= 0.6 is 0 Å². The van der Waals surface area contributed by atoms with Crippen LogP contribution in [0.3, 0.4) is 0 Å². The topological polar surface area (TPSA) is 84.0 Å². The van der Waals surface area contributed by atoms with Crippen molar-refractivity contribution in [1.82, 2.24) is 14.7 Å². The molecular formula is C12H22N4O2S. The van der Waals surface area contributed by atoms with Crippen LogP contribution in [0.15, 0.2) is 17.3 Å². The fraction of sp³-hybridized carbons (Fsp3) is 0.667. The molecule has 0 aromatic carbocycles. The summed E-state index contributed by atoms with van der Waals surface area (Å²) in [5.41, 5.74) is -0.488. The van der Waals surface area contributed by atoms with E-state index < -0.39 is 15.6 Å². The second-order valence-electron chi connectivity index (χ2n) is 5.01. The summed E-state index contributed by atoms with van der Waals surface area (Å²) in [7, 11) is -3.57. The van der Waals surface area contributed by atoms with Gasteiger partial charge in [0.1, 0.15) is 4.90 Å². The Morgan fingerprint density at radius 1 is 1.21 bits per heavy atom. The molecule has 0 saturated heterocycles. The number of aromatic nitrogens is 2. The van der Waals surface area contributed by atoms with Crippen molar-refractivity contribution in [2.24, 2.45) is 0 Å². The van der Waals surface area contributed by atoms with E-state index in [1.54, 1.807) is 0 Å². The summed E-state index contributed by atoms with van der Waals surface area (Å²) in [5, 5.41) is 2.99. The maximum atomic E-state index is 12.1. The van der Waals surface area contributed by atoms with Crippen LogP contribution in [0.1, 0.15) is 40.5 Å². The van der Waals surface area contributed by atoms with Gasteiger partial charge in [-0.05, 0) is 26.7 Å². The average molecular weight is 286 g/mol. The molecule has 0 fully saturated rings. The molecule has 6 nitrogen and oxygen atoms in total. The maximum Gasteiger partial charge on any atom is 0.244 e. The largest absolute Gasteiger partial charge is 0.354 e. The van der Waals surface area contributed by atoms with Crippen LogP contribution in [-0.2, 0) is 10.0 Å². The van der Waals surface area contributed by atoms with Crippen molar-refractivity contribution in [3.05, 3.63) is 12.4 Å². The lowest BCUT2D eigenvalue weighted by Crippen LogP contribution is -2.42. The van der Waals surface area contributed by atoms with Crippen molar-refractivity contribution in [2.75, 3.05) is 11.9 Å². The molecule has 0 atom stereocenters. The highest BCUT2D eigenvalue weighted by Gasteiger charge is 2.25. The van der Waals surface area contributed by atoms with Crippen LogP contribution in [0.25, 0.3) is 0 Å². The van der Waals surface area contributed by atoms with Gasteiger partial charge in [0.05, 0.1) is 12.4 Å². The van der Waals surface area contributed by atoms with E-state index in [2.05, 4.69) is 20.0 Å². The SMILES string of the molecule is CCCNc1ncc(S(=O)(=O)NC(C)(C)CC)cn1. The van der Waals surface area contributed by atoms with Gasteiger partial charge < -0.3 is 5.32 Å². The van der Waals surface area contributed by atoms with Gasteiger partial charge in [-0.1, -0.05) is 13.8 Å². The van der Waals surface area contributed by atoms with Crippen molar-refractivity contribution < 1.29 is 8.42 Å². The van der Waals surface area contributed by atoms with Crippen LogP contribution in [0.5, 0.6) is 0 Å². The number of anilines is 1. The molecule has 0 radical (unpaired) electrons. The molecule has 0 unspecified atom stereocenters. The van der Waals surface area contributed by atoms with Gasteiger partial charge in [0.2, 0.25) is 16.0 Å². The quantitative estimate of drug-likeness (QED) is 0.798. The van der Waals surface area contributed by atoms with Crippen LogP contribution < -0.4 is 10.0 Å². The summed E-state index contributed by atoms with van der Waals surface area (Å²) in [4.78, 5) is 8.07. The minimum atomic E-state index is -3.57. The molecule has 2 N–H and O–H groups in total. The molecule has 0 saturated carbocycles. The Morgan fingerprint density at radius 2 is 1.79 bits per heavy atom. The first-order valence-electron chi connectivity index (χ1n) is 6.40. The Kier molecular flexibility index (Phi) is 5.25. The van der Waals surface area contributed by atoms with E-state index in [9.17, 15) is 8.42 Å². The van der Waals surface area contributed by atoms with Crippen LogP contribution in [-0.4, -0.2) is 30.5 Å². The highest BCUT2D eigenvalue weighted by atomic mass is 32.2. The number of rotatable bonds is 7. The Morgan fingerprint density at radius 3 is 2.26 bits per heavy atom. The molecule has 0 spiro atoms. The Hall–Kier alpha value is -1.21. The zero-order valence-corrected chi connectivity index (χ0v) is 12.7. The first-order valence-corrected chi connectivity index (χ1v) is 7.89. The van der Waals surface area contributed by atoms with Gasteiger partial charge >= 0.3 is 0 Å². The molecule has 7 heteroatoms. The normalized spacial score (nSPS) is 12.4. The highest BCUT2D eigenvalue weighted by Crippen LogP contribution is 2.14. The van der Waals surface area contributed by atoms with E-state index in [1.165, 1.54) is 12.4 Å². The molecule has 1 aromatic rings. The highest BCUT2D eigenvalue weighted by molar-refractivity contribution is 7.89. The predicted molar refractivity (Wildman–Crippen MR) is 75.5 cm³/mol.